The van der Waals surface area contributed by atoms with E-state index in [4.69, 9.17) is 11.6 Å². The van der Waals surface area contributed by atoms with Crippen molar-refractivity contribution >= 4 is 45.0 Å². The van der Waals surface area contributed by atoms with Crippen LogP contribution in [0.1, 0.15) is 27.2 Å². The Balaban J connectivity index is 2.51. The van der Waals surface area contributed by atoms with Gasteiger partial charge in [-0.05, 0) is 54.4 Å². The lowest BCUT2D eigenvalue weighted by Crippen LogP contribution is -2.68. The number of carbonyl (C=O) groups excluding carboxylic acids is 2. The van der Waals surface area contributed by atoms with Crippen molar-refractivity contribution in [1.29, 1.82) is 0 Å². The molecule has 1 heterocycles. The average Bonchev–Trinajstić information content (AvgIpc) is 2.36. The minimum atomic E-state index is -0.908. The van der Waals surface area contributed by atoms with Crippen LogP contribution >= 0.6 is 27.5 Å². The molecule has 1 aromatic carbocycles. The van der Waals surface area contributed by atoms with Gasteiger partial charge in [-0.1, -0.05) is 18.5 Å². The van der Waals surface area contributed by atoms with Gasteiger partial charge in [0.05, 0.1) is 5.02 Å². The summed E-state index contributed by atoms with van der Waals surface area (Å²) in [4.78, 5) is 26.4. The lowest BCUT2D eigenvalue weighted by molar-refractivity contribution is -0.137. The number of halogens is 2. The topological polar surface area (TPSA) is 49.4 Å². The smallest absolute Gasteiger partial charge is 0.252 e. The van der Waals surface area contributed by atoms with Gasteiger partial charge in [0.25, 0.3) is 5.91 Å². The van der Waals surface area contributed by atoms with Crippen LogP contribution in [0.15, 0.2) is 22.7 Å². The summed E-state index contributed by atoms with van der Waals surface area (Å²) in [6, 6.07) is 4.73. The molecule has 1 unspecified atom stereocenters. The van der Waals surface area contributed by atoms with Crippen molar-refractivity contribution in [3.8, 4) is 0 Å². The molecule has 4 nitrogen and oxygen atoms in total. The van der Waals surface area contributed by atoms with E-state index >= 15 is 0 Å². The summed E-state index contributed by atoms with van der Waals surface area (Å²) >= 11 is 9.33. The van der Waals surface area contributed by atoms with Gasteiger partial charge in [0.15, 0.2) is 0 Å². The first-order valence-corrected chi connectivity index (χ1v) is 7.55. The number of benzene rings is 1. The number of carbonyl (C=O) groups is 2. The van der Waals surface area contributed by atoms with Crippen LogP contribution in [0.3, 0.4) is 0 Å². The summed E-state index contributed by atoms with van der Waals surface area (Å²) in [7, 11) is 0. The van der Waals surface area contributed by atoms with Crippen LogP contribution in [0, 0.1) is 0 Å². The number of hydrogen-bond acceptors (Lipinski definition) is 2. The summed E-state index contributed by atoms with van der Waals surface area (Å²) < 4.78 is 0.697. The van der Waals surface area contributed by atoms with E-state index < -0.39 is 11.6 Å². The Kier molecular flexibility index (Phi) is 4.12. The monoisotopic (exact) mass is 358 g/mol. The number of amides is 2. The van der Waals surface area contributed by atoms with Crippen molar-refractivity contribution in [1.82, 2.24) is 5.32 Å². The fourth-order valence-electron chi connectivity index (χ4n) is 2.30. The molecule has 2 rings (SSSR count). The molecule has 0 bridgehead atoms. The van der Waals surface area contributed by atoms with Crippen molar-refractivity contribution in [2.75, 3.05) is 4.90 Å². The van der Waals surface area contributed by atoms with E-state index in [9.17, 15) is 9.59 Å². The SMILES string of the molecule is CCC1C(=O)NC(C)(C)C(=O)N1c1ccc(Cl)c(Br)c1. The Labute approximate surface area is 131 Å². The molecule has 6 heteroatoms. The van der Waals surface area contributed by atoms with Gasteiger partial charge in [-0.2, -0.15) is 0 Å². The summed E-state index contributed by atoms with van der Waals surface area (Å²) in [6.45, 7) is 5.29. The number of piperazine rings is 1. The predicted octanol–water partition coefficient (Wildman–Crippen LogP) is 3.12. The molecule has 1 aliphatic heterocycles. The zero-order valence-electron chi connectivity index (χ0n) is 11.5. The molecular weight excluding hydrogens is 344 g/mol. The van der Waals surface area contributed by atoms with Gasteiger partial charge in [0.1, 0.15) is 11.6 Å². The second-order valence-corrected chi connectivity index (χ2v) is 6.57. The fraction of sp³-hybridized carbons (Fsp3) is 0.429. The molecule has 1 atom stereocenters. The highest BCUT2D eigenvalue weighted by molar-refractivity contribution is 9.10. The molecule has 0 aliphatic carbocycles. The standard InChI is InChI=1S/C14H16BrClN2O2/c1-4-11-12(19)17-14(2,3)13(20)18(11)8-5-6-10(16)9(15)7-8/h5-7,11H,4H2,1-3H3,(H,17,19). The van der Waals surface area contributed by atoms with E-state index in [0.717, 1.165) is 0 Å². The minimum absolute atomic E-state index is 0.127. The molecule has 2 amide bonds. The second kappa shape index (κ2) is 5.37. The van der Waals surface area contributed by atoms with E-state index in [-0.39, 0.29) is 11.8 Å². The molecule has 0 spiro atoms. The third-order valence-electron chi connectivity index (χ3n) is 3.37. The number of rotatable bonds is 2. The number of nitrogens with one attached hydrogen (secondary N) is 1. The van der Waals surface area contributed by atoms with Crippen LogP contribution in [-0.4, -0.2) is 23.4 Å². The highest BCUT2D eigenvalue weighted by Gasteiger charge is 2.45. The molecule has 108 valence electrons. The average molecular weight is 360 g/mol. The number of anilines is 1. The van der Waals surface area contributed by atoms with Gasteiger partial charge in [-0.15, -0.1) is 0 Å². The molecule has 1 saturated heterocycles. The van der Waals surface area contributed by atoms with Crippen LogP contribution < -0.4 is 10.2 Å². The van der Waals surface area contributed by atoms with E-state index in [0.29, 0.717) is 21.6 Å². The molecule has 0 aromatic heterocycles. The van der Waals surface area contributed by atoms with E-state index in [1.807, 2.05) is 6.92 Å². The Morgan fingerprint density at radius 1 is 1.40 bits per heavy atom. The van der Waals surface area contributed by atoms with Crippen molar-refractivity contribution in [2.45, 2.75) is 38.8 Å². The predicted molar refractivity (Wildman–Crippen MR) is 82.9 cm³/mol. The van der Waals surface area contributed by atoms with Crippen molar-refractivity contribution < 1.29 is 9.59 Å². The summed E-state index contributed by atoms with van der Waals surface area (Å²) in [5.41, 5.74) is -0.240. The van der Waals surface area contributed by atoms with Gasteiger partial charge >= 0.3 is 0 Å². The van der Waals surface area contributed by atoms with E-state index in [1.54, 1.807) is 36.9 Å². The maximum Gasteiger partial charge on any atom is 0.252 e. The van der Waals surface area contributed by atoms with Crippen LogP contribution in [0.5, 0.6) is 0 Å². The zero-order valence-corrected chi connectivity index (χ0v) is 13.9. The highest BCUT2D eigenvalue weighted by Crippen LogP contribution is 2.32. The Morgan fingerprint density at radius 3 is 2.60 bits per heavy atom. The van der Waals surface area contributed by atoms with Crippen molar-refractivity contribution in [3.05, 3.63) is 27.7 Å². The molecular formula is C14H16BrClN2O2. The maximum atomic E-state index is 12.6. The lowest BCUT2D eigenvalue weighted by Gasteiger charge is -2.42. The quantitative estimate of drug-likeness (QED) is 0.882. The van der Waals surface area contributed by atoms with Gasteiger partial charge < -0.3 is 5.32 Å². The molecule has 1 fully saturated rings. The highest BCUT2D eigenvalue weighted by atomic mass is 79.9. The molecule has 1 aliphatic rings. The van der Waals surface area contributed by atoms with Crippen LogP contribution in [0.4, 0.5) is 5.69 Å². The Bertz CT molecular complexity index is 574. The molecule has 1 aromatic rings. The fourth-order valence-corrected chi connectivity index (χ4v) is 2.79. The number of nitrogens with zero attached hydrogens (tertiary/aromatic N) is 1. The third kappa shape index (κ3) is 2.56. The first-order valence-electron chi connectivity index (χ1n) is 6.38. The summed E-state index contributed by atoms with van der Waals surface area (Å²) in [5, 5.41) is 3.33. The maximum absolute atomic E-state index is 12.6. The van der Waals surface area contributed by atoms with Crippen molar-refractivity contribution in [3.63, 3.8) is 0 Å². The Morgan fingerprint density at radius 2 is 2.05 bits per heavy atom. The van der Waals surface area contributed by atoms with Crippen LogP contribution in [0.25, 0.3) is 0 Å². The first kappa shape index (κ1) is 15.3. The zero-order chi connectivity index (χ0) is 15.1. The lowest BCUT2D eigenvalue weighted by atomic mass is 9.95. The second-order valence-electron chi connectivity index (χ2n) is 5.31. The van der Waals surface area contributed by atoms with Crippen LogP contribution in [-0.2, 0) is 9.59 Å². The van der Waals surface area contributed by atoms with Gasteiger partial charge in [-0.25, -0.2) is 0 Å². The largest absolute Gasteiger partial charge is 0.340 e. The molecule has 1 N–H and O–H groups in total. The van der Waals surface area contributed by atoms with E-state index in [2.05, 4.69) is 21.2 Å². The van der Waals surface area contributed by atoms with Gasteiger partial charge in [-0.3, -0.25) is 14.5 Å². The van der Waals surface area contributed by atoms with Crippen LogP contribution in [0.2, 0.25) is 5.02 Å². The molecule has 0 radical (unpaired) electrons. The number of hydrogen-bond donors (Lipinski definition) is 1. The summed E-state index contributed by atoms with van der Waals surface area (Å²) in [5.74, 6) is -0.263. The first-order chi connectivity index (χ1) is 9.27. The minimum Gasteiger partial charge on any atom is -0.340 e. The Hall–Kier alpha value is -1.07. The molecule has 0 saturated carbocycles. The normalized spacial score (nSPS) is 21.9. The van der Waals surface area contributed by atoms with Crippen molar-refractivity contribution in [2.24, 2.45) is 0 Å². The van der Waals surface area contributed by atoms with E-state index in [1.165, 1.54) is 0 Å². The van der Waals surface area contributed by atoms with Gasteiger partial charge in [0.2, 0.25) is 5.91 Å². The molecule has 20 heavy (non-hydrogen) atoms. The third-order valence-corrected chi connectivity index (χ3v) is 4.59. The van der Waals surface area contributed by atoms with Gasteiger partial charge in [0, 0.05) is 10.2 Å². The summed E-state index contributed by atoms with van der Waals surface area (Å²) in [6.07, 6.45) is 0.550.